The van der Waals surface area contributed by atoms with E-state index in [4.69, 9.17) is 5.73 Å². The van der Waals surface area contributed by atoms with Gasteiger partial charge in [0.15, 0.2) is 0 Å². The molecule has 2 aromatic heterocycles. The van der Waals surface area contributed by atoms with Crippen LogP contribution in [-0.2, 0) is 16.6 Å². The Bertz CT molecular complexity index is 1270. The molecule has 2 N–H and O–H groups in total. The van der Waals surface area contributed by atoms with E-state index in [1.54, 1.807) is 41.9 Å². The molecule has 0 saturated heterocycles. The molecule has 0 aliphatic carbocycles. The summed E-state index contributed by atoms with van der Waals surface area (Å²) in [5.41, 5.74) is 9.22. The highest BCUT2D eigenvalue weighted by Gasteiger charge is 2.23. The van der Waals surface area contributed by atoms with Gasteiger partial charge in [-0.05, 0) is 42.5 Å². The molecule has 0 spiro atoms. The topological polar surface area (TPSA) is 78.0 Å². The van der Waals surface area contributed by atoms with Crippen molar-refractivity contribution in [1.29, 1.82) is 0 Å². The summed E-state index contributed by atoms with van der Waals surface area (Å²) in [6.45, 7) is 0.00631. The van der Waals surface area contributed by atoms with Crippen LogP contribution in [0.4, 0.5) is 4.39 Å². The molecule has 150 valence electrons. The van der Waals surface area contributed by atoms with Gasteiger partial charge in [0.2, 0.25) is 0 Å². The molecule has 2 heterocycles. The first-order valence-electron chi connectivity index (χ1n) is 8.41. The number of hydrogen-bond acceptors (Lipinski definition) is 5. The summed E-state index contributed by atoms with van der Waals surface area (Å²) in [6, 6.07) is 12.5. The van der Waals surface area contributed by atoms with E-state index < -0.39 is 15.8 Å². The van der Waals surface area contributed by atoms with Crippen molar-refractivity contribution in [3.8, 4) is 0 Å². The summed E-state index contributed by atoms with van der Waals surface area (Å²) in [6.07, 6.45) is 3.27. The molecule has 0 unspecified atom stereocenters. The van der Waals surface area contributed by atoms with Crippen molar-refractivity contribution in [3.63, 3.8) is 0 Å². The van der Waals surface area contributed by atoms with E-state index >= 15 is 0 Å². The molecule has 5 nitrogen and oxygen atoms in total. The smallest absolute Gasteiger partial charge is 0.268 e. The average molecular weight is 450 g/mol. The first-order chi connectivity index (χ1) is 13.5. The number of aromatic nitrogens is 2. The highest BCUT2D eigenvalue weighted by molar-refractivity contribution is 7.90. The Morgan fingerprint density at radius 3 is 2.55 bits per heavy atom. The van der Waals surface area contributed by atoms with Gasteiger partial charge in [-0.25, -0.2) is 21.8 Å². The molecule has 4 aromatic rings. The van der Waals surface area contributed by atoms with Crippen molar-refractivity contribution < 1.29 is 12.8 Å². The molecule has 29 heavy (non-hydrogen) atoms. The van der Waals surface area contributed by atoms with Crippen LogP contribution in [-0.4, -0.2) is 17.4 Å². The van der Waals surface area contributed by atoms with E-state index in [-0.39, 0.29) is 29.4 Å². The number of halogens is 2. The van der Waals surface area contributed by atoms with Gasteiger partial charge in [0.1, 0.15) is 5.82 Å². The van der Waals surface area contributed by atoms with E-state index in [9.17, 15) is 12.8 Å². The second kappa shape index (κ2) is 8.46. The van der Waals surface area contributed by atoms with Gasteiger partial charge in [-0.3, -0.25) is 0 Å². The molecule has 0 radical (unpaired) electrons. The summed E-state index contributed by atoms with van der Waals surface area (Å²) in [4.78, 5) is 4.27. The van der Waals surface area contributed by atoms with Crippen molar-refractivity contribution in [2.45, 2.75) is 11.4 Å². The van der Waals surface area contributed by atoms with Crippen molar-refractivity contribution in [2.75, 3.05) is 0 Å². The van der Waals surface area contributed by atoms with Gasteiger partial charge in [0.05, 0.1) is 21.6 Å². The van der Waals surface area contributed by atoms with Crippen LogP contribution in [0.2, 0.25) is 0 Å². The SMILES string of the molecule is Cl.NCc1cc2cc(F)c(/C=C/c3cscn3)cc2n1S(=O)(=O)c1ccccc1. The van der Waals surface area contributed by atoms with Crippen LogP contribution in [0.5, 0.6) is 0 Å². The molecule has 4 rings (SSSR count). The fraction of sp³-hybridized carbons (Fsp3) is 0.0500. The van der Waals surface area contributed by atoms with E-state index in [1.165, 1.54) is 39.6 Å². The molecule has 0 aliphatic rings. The third-order valence-corrected chi connectivity index (χ3v) is 6.71. The molecule has 0 aliphatic heterocycles. The molecule has 0 saturated carbocycles. The summed E-state index contributed by atoms with van der Waals surface area (Å²) in [7, 11) is -3.87. The number of benzene rings is 2. The largest absolute Gasteiger partial charge is 0.325 e. The van der Waals surface area contributed by atoms with Crippen LogP contribution in [0.15, 0.2) is 64.3 Å². The summed E-state index contributed by atoms with van der Waals surface area (Å²) in [5, 5.41) is 2.31. The lowest BCUT2D eigenvalue weighted by Crippen LogP contribution is -2.17. The van der Waals surface area contributed by atoms with Gasteiger partial charge in [-0.2, -0.15) is 0 Å². The maximum absolute atomic E-state index is 14.6. The number of fused-ring (bicyclic) bond motifs is 1. The molecule has 0 fully saturated rings. The van der Waals surface area contributed by atoms with Gasteiger partial charge in [-0.1, -0.05) is 18.2 Å². The fourth-order valence-corrected chi connectivity index (χ4v) is 5.10. The maximum atomic E-state index is 14.6. The normalized spacial score (nSPS) is 11.8. The molecule has 0 atom stereocenters. The minimum atomic E-state index is -3.87. The van der Waals surface area contributed by atoms with Crippen LogP contribution >= 0.6 is 23.7 Å². The van der Waals surface area contributed by atoms with Crippen LogP contribution < -0.4 is 5.73 Å². The van der Waals surface area contributed by atoms with Gasteiger partial charge in [0, 0.05) is 28.6 Å². The number of rotatable bonds is 5. The zero-order chi connectivity index (χ0) is 19.7. The predicted octanol–water partition coefficient (Wildman–Crippen LogP) is 4.52. The zero-order valence-corrected chi connectivity index (χ0v) is 17.5. The number of hydrogen-bond donors (Lipinski definition) is 1. The van der Waals surface area contributed by atoms with Gasteiger partial charge in [-0.15, -0.1) is 23.7 Å². The Morgan fingerprint density at radius 1 is 1.14 bits per heavy atom. The highest BCUT2D eigenvalue weighted by atomic mass is 35.5. The Labute approximate surface area is 177 Å². The first-order valence-corrected chi connectivity index (χ1v) is 10.8. The van der Waals surface area contributed by atoms with E-state index in [1.807, 2.05) is 5.38 Å². The Morgan fingerprint density at radius 2 is 1.90 bits per heavy atom. The monoisotopic (exact) mass is 449 g/mol. The minimum absolute atomic E-state index is 0. The molecule has 9 heteroatoms. The van der Waals surface area contributed by atoms with E-state index in [0.717, 1.165) is 0 Å². The second-order valence-electron chi connectivity index (χ2n) is 6.10. The number of nitrogens with zero attached hydrogens (tertiary/aromatic N) is 2. The van der Waals surface area contributed by atoms with Crippen molar-refractivity contribution in [1.82, 2.24) is 8.96 Å². The van der Waals surface area contributed by atoms with Crippen LogP contribution in [0.1, 0.15) is 17.0 Å². The third kappa shape index (κ3) is 3.97. The summed E-state index contributed by atoms with van der Waals surface area (Å²) >= 11 is 1.44. The Kier molecular flexibility index (Phi) is 6.18. The molecule has 0 bridgehead atoms. The second-order valence-corrected chi connectivity index (χ2v) is 8.61. The lowest BCUT2D eigenvalue weighted by molar-refractivity contribution is 0.587. The van der Waals surface area contributed by atoms with E-state index in [0.29, 0.717) is 22.3 Å². The van der Waals surface area contributed by atoms with Crippen LogP contribution in [0.25, 0.3) is 23.1 Å². The summed E-state index contributed by atoms with van der Waals surface area (Å²) in [5.74, 6) is -0.447. The average Bonchev–Trinajstić information content (AvgIpc) is 3.34. The zero-order valence-electron chi connectivity index (χ0n) is 15.0. The van der Waals surface area contributed by atoms with Gasteiger partial charge < -0.3 is 5.73 Å². The Balaban J connectivity index is 0.00000240. The molecule has 2 aromatic carbocycles. The molecule has 0 amide bonds. The lowest BCUT2D eigenvalue weighted by Gasteiger charge is -2.11. The summed E-state index contributed by atoms with van der Waals surface area (Å²) < 4.78 is 42.2. The van der Waals surface area contributed by atoms with E-state index in [2.05, 4.69) is 4.98 Å². The predicted molar refractivity (Wildman–Crippen MR) is 117 cm³/mol. The first kappa shape index (κ1) is 21.2. The molecular formula is C20H17ClFN3O2S2. The quantitative estimate of drug-likeness (QED) is 0.485. The standard InChI is InChI=1S/C20H16FN3O2S2.ClH/c21-19-9-15-8-17(11-22)24(28(25,26)18-4-2-1-3-5-18)20(15)10-14(19)6-7-16-12-27-13-23-16;/h1-10,12-13H,11,22H2;1H/b7-6+;. The minimum Gasteiger partial charge on any atom is -0.325 e. The number of thiazole rings is 1. The molecular weight excluding hydrogens is 433 g/mol. The lowest BCUT2D eigenvalue weighted by atomic mass is 10.1. The van der Waals surface area contributed by atoms with Crippen molar-refractivity contribution in [3.05, 3.63) is 82.2 Å². The highest BCUT2D eigenvalue weighted by Crippen LogP contribution is 2.28. The van der Waals surface area contributed by atoms with Crippen LogP contribution in [0, 0.1) is 5.82 Å². The third-order valence-electron chi connectivity index (χ3n) is 4.32. The maximum Gasteiger partial charge on any atom is 0.268 e. The fourth-order valence-electron chi connectivity index (χ4n) is 3.01. The van der Waals surface area contributed by atoms with Crippen molar-refractivity contribution >= 4 is 56.8 Å². The van der Waals surface area contributed by atoms with Gasteiger partial charge in [0.25, 0.3) is 10.0 Å². The van der Waals surface area contributed by atoms with Crippen molar-refractivity contribution in [2.24, 2.45) is 5.73 Å². The van der Waals surface area contributed by atoms with Gasteiger partial charge >= 0.3 is 0 Å². The number of nitrogens with two attached hydrogens (primary N) is 1. The Hall–Kier alpha value is -2.52. The van der Waals surface area contributed by atoms with Crippen LogP contribution in [0.3, 0.4) is 0 Å².